The van der Waals surface area contributed by atoms with E-state index in [0.29, 0.717) is 60.5 Å². The zero-order chi connectivity index (χ0) is 37.8. The summed E-state index contributed by atoms with van der Waals surface area (Å²) in [6, 6.07) is 8.89. The number of hydrogen-bond acceptors (Lipinski definition) is 10. The molecule has 2 aliphatic heterocycles. The summed E-state index contributed by atoms with van der Waals surface area (Å²) in [4.78, 5) is 59.8. The van der Waals surface area contributed by atoms with Crippen LogP contribution in [-0.4, -0.2) is 84.6 Å². The normalized spacial score (nSPS) is 15.3. The van der Waals surface area contributed by atoms with Gasteiger partial charge in [-0.1, -0.05) is 11.6 Å². The number of Topliss-reactive ketones (excluding diaryl/α,β-unsaturated/α-hetero) is 2. The highest BCUT2D eigenvalue weighted by atomic mass is 35.5. The van der Waals surface area contributed by atoms with E-state index in [-0.39, 0.29) is 18.0 Å². The van der Waals surface area contributed by atoms with Crippen molar-refractivity contribution in [3.8, 4) is 0 Å². The molecule has 4 N–H and O–H groups in total. The second-order valence-corrected chi connectivity index (χ2v) is 11.9. The Bertz CT molecular complexity index is 1980. The molecule has 0 aliphatic carbocycles. The molecular formula is C31H27ClF6N10O4. The third kappa shape index (κ3) is 9.50. The summed E-state index contributed by atoms with van der Waals surface area (Å²) in [5, 5.41) is 17.0. The monoisotopic (exact) mass is 752 g/mol. The number of ketones is 2. The van der Waals surface area contributed by atoms with Gasteiger partial charge in [-0.15, -0.1) is 0 Å². The van der Waals surface area contributed by atoms with E-state index < -0.39 is 23.9 Å². The quantitative estimate of drug-likeness (QED) is 0.162. The molecule has 6 bridgehead atoms. The van der Waals surface area contributed by atoms with Gasteiger partial charge in [-0.05, 0) is 60.7 Å². The number of amides is 3. The average Bonchev–Trinajstić information content (AvgIpc) is 3.73. The van der Waals surface area contributed by atoms with Crippen molar-refractivity contribution >= 4 is 63.9 Å². The van der Waals surface area contributed by atoms with Crippen LogP contribution in [0.5, 0.6) is 0 Å². The first kappa shape index (κ1) is 37.5. The SMILES string of the molecule is Cn1ccc(C(=O)N2CC[C@H](NC(=O)Nc3ccc4cc3CCc3cncc(c3)Nc3ncc(Cl)c(n3)N4)C2)n1.O=C(C(=O)C(F)(F)F)C(F)(F)F. The lowest BCUT2D eigenvalue weighted by Gasteiger charge is -2.18. The first-order valence-electron chi connectivity index (χ1n) is 15.2. The lowest BCUT2D eigenvalue weighted by Crippen LogP contribution is -2.40. The van der Waals surface area contributed by atoms with Crippen molar-refractivity contribution in [3.63, 3.8) is 0 Å². The number of halogens is 7. The molecule has 6 rings (SSSR count). The minimum absolute atomic E-state index is 0.135. The maximum Gasteiger partial charge on any atom is 0.458 e. The molecule has 274 valence electrons. The summed E-state index contributed by atoms with van der Waals surface area (Å²) < 4.78 is 68.6. The van der Waals surface area contributed by atoms with E-state index in [4.69, 9.17) is 11.6 Å². The number of carbonyl (C=O) groups is 4. The summed E-state index contributed by atoms with van der Waals surface area (Å²) in [7, 11) is 1.77. The van der Waals surface area contributed by atoms with Crippen molar-refractivity contribution in [1.82, 2.24) is 34.9 Å². The summed E-state index contributed by atoms with van der Waals surface area (Å²) in [6.45, 7) is 0.985. The number of aromatic nitrogens is 5. The summed E-state index contributed by atoms with van der Waals surface area (Å²) >= 11 is 6.36. The number of rotatable bonds is 4. The Hall–Kier alpha value is -5.79. The molecule has 1 saturated heterocycles. The van der Waals surface area contributed by atoms with Gasteiger partial charge < -0.3 is 26.2 Å². The van der Waals surface area contributed by atoms with E-state index in [2.05, 4.69) is 41.3 Å². The molecule has 3 amide bonds. The van der Waals surface area contributed by atoms with Crippen LogP contribution in [0.3, 0.4) is 0 Å². The molecule has 21 heteroatoms. The predicted molar refractivity (Wildman–Crippen MR) is 173 cm³/mol. The van der Waals surface area contributed by atoms with Crippen molar-refractivity contribution in [3.05, 3.63) is 77.0 Å². The molecule has 52 heavy (non-hydrogen) atoms. The third-order valence-corrected chi connectivity index (χ3v) is 7.84. The van der Waals surface area contributed by atoms with Gasteiger partial charge >= 0.3 is 30.0 Å². The Balaban J connectivity index is 0.000000376. The highest BCUT2D eigenvalue weighted by Crippen LogP contribution is 2.30. The topological polar surface area (TPSA) is 176 Å². The van der Waals surface area contributed by atoms with Crippen LogP contribution in [0.15, 0.2) is 55.1 Å². The summed E-state index contributed by atoms with van der Waals surface area (Å²) in [5.41, 5.74) is 4.58. The second-order valence-electron chi connectivity index (χ2n) is 11.5. The van der Waals surface area contributed by atoms with Crippen LogP contribution in [0.4, 0.5) is 60.0 Å². The zero-order valence-corrected chi connectivity index (χ0v) is 27.5. The van der Waals surface area contributed by atoms with Crippen molar-refractivity contribution in [2.45, 2.75) is 37.7 Å². The Morgan fingerprint density at radius 3 is 2.33 bits per heavy atom. The molecule has 0 saturated carbocycles. The standard InChI is InChI=1S/C27H27ClN10O2.C4F6O2/c1-37-8-7-23(36-37)25(39)38-9-6-19(15-38)33-27(40)34-22-5-4-18-11-17(22)3-2-16-10-20(13-29-12-16)32-26-30-14-21(28)24(31-18)35-26;5-3(6,7)1(11)2(12)4(8,9)10/h4-5,7-8,10-14,19H,2-3,6,9,15H2,1H3,(H2,33,34,40)(H2,30,31,32,35);/t19-;/m0./s1. The molecule has 5 heterocycles. The van der Waals surface area contributed by atoms with Crippen molar-refractivity contribution in [2.75, 3.05) is 29.0 Å². The third-order valence-electron chi connectivity index (χ3n) is 7.56. The molecule has 1 fully saturated rings. The van der Waals surface area contributed by atoms with E-state index in [1.165, 1.54) is 6.20 Å². The number of likely N-dealkylation sites (tertiary alicyclic amines) is 1. The Labute approximate surface area is 295 Å². The van der Waals surface area contributed by atoms with E-state index in [9.17, 15) is 45.5 Å². The van der Waals surface area contributed by atoms with Gasteiger partial charge in [-0.2, -0.15) is 36.4 Å². The largest absolute Gasteiger partial charge is 0.458 e. The van der Waals surface area contributed by atoms with E-state index in [1.807, 2.05) is 30.5 Å². The van der Waals surface area contributed by atoms with Crippen LogP contribution in [-0.2, 0) is 29.5 Å². The van der Waals surface area contributed by atoms with Gasteiger partial charge in [0, 0.05) is 49.9 Å². The van der Waals surface area contributed by atoms with Crippen LogP contribution in [0.1, 0.15) is 28.0 Å². The van der Waals surface area contributed by atoms with Crippen LogP contribution >= 0.6 is 11.6 Å². The van der Waals surface area contributed by atoms with Gasteiger partial charge in [0.2, 0.25) is 5.95 Å². The minimum atomic E-state index is -5.77. The first-order chi connectivity index (χ1) is 24.5. The molecule has 1 aromatic carbocycles. The van der Waals surface area contributed by atoms with Gasteiger partial charge in [0.1, 0.15) is 10.7 Å². The molecule has 2 aliphatic rings. The highest BCUT2D eigenvalue weighted by Gasteiger charge is 2.54. The average molecular weight is 753 g/mol. The zero-order valence-electron chi connectivity index (χ0n) is 26.8. The molecule has 1 atom stereocenters. The fourth-order valence-electron chi connectivity index (χ4n) is 5.11. The van der Waals surface area contributed by atoms with Gasteiger partial charge in [0.15, 0.2) is 5.82 Å². The number of hydrogen-bond donors (Lipinski definition) is 4. The minimum Gasteiger partial charge on any atom is -0.339 e. The molecule has 4 aromatic rings. The Morgan fingerprint density at radius 2 is 1.65 bits per heavy atom. The van der Waals surface area contributed by atoms with Crippen LogP contribution < -0.4 is 21.3 Å². The Kier molecular flexibility index (Phi) is 11.0. The van der Waals surface area contributed by atoms with E-state index in [0.717, 1.165) is 22.5 Å². The van der Waals surface area contributed by atoms with Crippen LogP contribution in [0.25, 0.3) is 0 Å². The number of nitrogens with zero attached hydrogens (tertiary/aromatic N) is 6. The van der Waals surface area contributed by atoms with Crippen molar-refractivity contribution < 1.29 is 45.5 Å². The predicted octanol–water partition coefficient (Wildman–Crippen LogP) is 5.13. The van der Waals surface area contributed by atoms with Gasteiger partial charge in [-0.25, -0.2) is 9.78 Å². The van der Waals surface area contributed by atoms with Gasteiger partial charge in [0.05, 0.1) is 18.1 Å². The number of carbonyl (C=O) groups excluding carboxylic acids is 4. The Morgan fingerprint density at radius 1 is 0.923 bits per heavy atom. The maximum absolute atomic E-state index is 13.0. The van der Waals surface area contributed by atoms with Gasteiger partial charge in [0.25, 0.3) is 5.91 Å². The number of anilines is 5. The first-order valence-corrected chi connectivity index (χ1v) is 15.6. The molecule has 14 nitrogen and oxygen atoms in total. The maximum atomic E-state index is 13.0. The number of pyridine rings is 1. The summed E-state index contributed by atoms with van der Waals surface area (Å²) in [5.74, 6) is -6.10. The number of alkyl halides is 6. The fourth-order valence-corrected chi connectivity index (χ4v) is 5.25. The van der Waals surface area contributed by atoms with Crippen molar-refractivity contribution in [1.29, 1.82) is 0 Å². The number of benzene rings is 1. The lowest BCUT2D eigenvalue weighted by molar-refractivity contribution is -0.193. The number of nitrogens with one attached hydrogen (secondary N) is 4. The highest BCUT2D eigenvalue weighted by molar-refractivity contribution is 6.41. The molecule has 0 unspecified atom stereocenters. The van der Waals surface area contributed by atoms with Gasteiger partial charge in [-0.3, -0.25) is 24.0 Å². The number of aryl methyl sites for hydroxylation is 3. The molecule has 0 spiro atoms. The number of urea groups is 1. The summed E-state index contributed by atoms with van der Waals surface area (Å²) in [6.07, 6.45) is -2.72. The molecular weight excluding hydrogens is 726 g/mol. The number of fused-ring (bicyclic) bond motifs is 6. The smallest absolute Gasteiger partial charge is 0.339 e. The van der Waals surface area contributed by atoms with Crippen molar-refractivity contribution in [2.24, 2.45) is 7.05 Å². The second kappa shape index (κ2) is 15.2. The fraction of sp³-hybridized carbons (Fsp3) is 0.290. The van der Waals surface area contributed by atoms with E-state index in [1.54, 1.807) is 35.1 Å². The van der Waals surface area contributed by atoms with E-state index >= 15 is 0 Å². The lowest BCUT2D eigenvalue weighted by atomic mass is 10.0. The van der Waals surface area contributed by atoms with Crippen LogP contribution in [0, 0.1) is 0 Å². The molecule has 3 aromatic heterocycles. The molecule has 0 radical (unpaired) electrons. The van der Waals surface area contributed by atoms with Crippen LogP contribution in [0.2, 0.25) is 5.02 Å².